The molecular formula is C20H18ClNO3S2. The Bertz CT molecular complexity index is 897. The lowest BCUT2D eigenvalue weighted by Crippen LogP contribution is -2.22. The number of nitrogens with zero attached hydrogens (tertiary/aromatic N) is 1. The third kappa shape index (κ3) is 4.83. The van der Waals surface area contributed by atoms with Crippen LogP contribution >= 0.6 is 35.6 Å². The zero-order valence-electron chi connectivity index (χ0n) is 14.9. The van der Waals surface area contributed by atoms with E-state index in [0.717, 1.165) is 11.1 Å². The van der Waals surface area contributed by atoms with Gasteiger partial charge in [-0.15, -0.1) is 0 Å². The van der Waals surface area contributed by atoms with Crippen molar-refractivity contribution in [3.05, 3.63) is 63.5 Å². The van der Waals surface area contributed by atoms with Crippen molar-refractivity contribution < 1.29 is 14.3 Å². The van der Waals surface area contributed by atoms with Gasteiger partial charge in [0.2, 0.25) is 0 Å². The second-order valence-electron chi connectivity index (χ2n) is 5.80. The molecule has 0 radical (unpaired) electrons. The summed E-state index contributed by atoms with van der Waals surface area (Å²) in [5.74, 6) is 1.19. The highest BCUT2D eigenvalue weighted by Crippen LogP contribution is 2.34. The third-order valence-corrected chi connectivity index (χ3v) is 5.60. The molecule has 3 rings (SSSR count). The predicted octanol–water partition coefficient (Wildman–Crippen LogP) is 5.15. The molecule has 0 saturated carbocycles. The van der Waals surface area contributed by atoms with Crippen LogP contribution in [0.2, 0.25) is 5.02 Å². The number of thioether (sulfide) groups is 1. The van der Waals surface area contributed by atoms with Crippen molar-refractivity contribution in [2.75, 3.05) is 13.7 Å². The van der Waals surface area contributed by atoms with Gasteiger partial charge in [0.25, 0.3) is 5.91 Å². The van der Waals surface area contributed by atoms with Gasteiger partial charge in [0.1, 0.15) is 10.9 Å². The van der Waals surface area contributed by atoms with E-state index >= 15 is 0 Å². The standard InChI is InChI=1S/C20H18ClNO3S2/c1-3-24-17-10-14(11-18-19(23)22(2)20(26)27-18)6-9-16(17)25-12-13-4-7-15(21)8-5-13/h4-11H,3,12H2,1-2H3/b18-11-. The molecular weight excluding hydrogens is 402 g/mol. The number of halogens is 1. The summed E-state index contributed by atoms with van der Waals surface area (Å²) in [7, 11) is 1.68. The normalized spacial score (nSPS) is 15.5. The van der Waals surface area contributed by atoms with Crippen molar-refractivity contribution in [3.8, 4) is 11.5 Å². The molecule has 0 spiro atoms. The Morgan fingerprint density at radius 1 is 1.15 bits per heavy atom. The van der Waals surface area contributed by atoms with Crippen LogP contribution < -0.4 is 9.47 Å². The van der Waals surface area contributed by atoms with Gasteiger partial charge in [-0.05, 0) is 48.4 Å². The SMILES string of the molecule is CCOc1cc(/C=C2\SC(=S)N(C)C2=O)ccc1OCc1ccc(Cl)cc1. The van der Waals surface area contributed by atoms with E-state index in [2.05, 4.69) is 0 Å². The van der Waals surface area contributed by atoms with Gasteiger partial charge in [-0.1, -0.05) is 53.8 Å². The summed E-state index contributed by atoms with van der Waals surface area (Å²) in [4.78, 5) is 14.2. The van der Waals surface area contributed by atoms with E-state index in [4.69, 9.17) is 33.3 Å². The highest BCUT2D eigenvalue weighted by Gasteiger charge is 2.28. The number of hydrogen-bond donors (Lipinski definition) is 0. The highest BCUT2D eigenvalue weighted by molar-refractivity contribution is 8.26. The molecule has 0 atom stereocenters. The van der Waals surface area contributed by atoms with Crippen molar-refractivity contribution in [2.45, 2.75) is 13.5 Å². The van der Waals surface area contributed by atoms with Crippen molar-refractivity contribution >= 4 is 51.9 Å². The molecule has 0 aromatic heterocycles. The molecule has 27 heavy (non-hydrogen) atoms. The number of thiocarbonyl (C=S) groups is 1. The largest absolute Gasteiger partial charge is 0.490 e. The van der Waals surface area contributed by atoms with E-state index in [1.165, 1.54) is 16.7 Å². The summed E-state index contributed by atoms with van der Waals surface area (Å²) in [6.45, 7) is 2.83. The van der Waals surface area contributed by atoms with E-state index < -0.39 is 0 Å². The fraction of sp³-hybridized carbons (Fsp3) is 0.200. The zero-order chi connectivity index (χ0) is 19.4. The molecule has 0 aliphatic carbocycles. The van der Waals surface area contributed by atoms with Crippen LogP contribution in [-0.4, -0.2) is 28.8 Å². The molecule has 1 fully saturated rings. The first-order chi connectivity index (χ1) is 13.0. The van der Waals surface area contributed by atoms with Crippen LogP contribution in [0.15, 0.2) is 47.4 Å². The van der Waals surface area contributed by atoms with Gasteiger partial charge < -0.3 is 9.47 Å². The van der Waals surface area contributed by atoms with Gasteiger partial charge in [-0.3, -0.25) is 9.69 Å². The summed E-state index contributed by atoms with van der Waals surface area (Å²) >= 11 is 12.4. The molecule has 0 N–H and O–H groups in total. The quantitative estimate of drug-likeness (QED) is 0.478. The fourth-order valence-electron chi connectivity index (χ4n) is 2.44. The first-order valence-corrected chi connectivity index (χ1v) is 9.94. The van der Waals surface area contributed by atoms with Gasteiger partial charge >= 0.3 is 0 Å². The Morgan fingerprint density at radius 2 is 1.89 bits per heavy atom. The number of ether oxygens (including phenoxy) is 2. The first-order valence-electron chi connectivity index (χ1n) is 8.33. The average molecular weight is 420 g/mol. The van der Waals surface area contributed by atoms with Crippen LogP contribution in [-0.2, 0) is 11.4 Å². The molecule has 0 unspecified atom stereocenters. The summed E-state index contributed by atoms with van der Waals surface area (Å²) < 4.78 is 12.2. The Morgan fingerprint density at radius 3 is 2.52 bits per heavy atom. The van der Waals surface area contributed by atoms with Crippen molar-refractivity contribution in [3.63, 3.8) is 0 Å². The number of carbonyl (C=O) groups is 1. The molecule has 2 aromatic carbocycles. The minimum Gasteiger partial charge on any atom is -0.490 e. The van der Waals surface area contributed by atoms with Crippen molar-refractivity contribution in [1.82, 2.24) is 4.90 Å². The molecule has 4 nitrogen and oxygen atoms in total. The van der Waals surface area contributed by atoms with E-state index in [1.807, 2.05) is 55.5 Å². The van der Waals surface area contributed by atoms with E-state index in [-0.39, 0.29) is 5.91 Å². The van der Waals surface area contributed by atoms with E-state index in [0.29, 0.717) is 39.0 Å². The minimum atomic E-state index is -0.0916. The number of amides is 1. The number of benzene rings is 2. The monoisotopic (exact) mass is 419 g/mol. The van der Waals surface area contributed by atoms with Crippen LogP contribution in [0.4, 0.5) is 0 Å². The maximum absolute atomic E-state index is 12.2. The van der Waals surface area contributed by atoms with Gasteiger partial charge in [-0.25, -0.2) is 0 Å². The minimum absolute atomic E-state index is 0.0916. The average Bonchev–Trinajstić information content (AvgIpc) is 2.89. The smallest absolute Gasteiger partial charge is 0.265 e. The molecule has 2 aromatic rings. The Labute approximate surface area is 173 Å². The Kier molecular flexibility index (Phi) is 6.42. The van der Waals surface area contributed by atoms with Crippen LogP contribution in [0.3, 0.4) is 0 Å². The third-order valence-electron chi connectivity index (χ3n) is 3.86. The number of likely N-dealkylation sites (N-methyl/N-ethyl adjacent to an activating group) is 1. The molecule has 140 valence electrons. The van der Waals surface area contributed by atoms with Gasteiger partial charge in [0, 0.05) is 12.1 Å². The Balaban J connectivity index is 1.79. The van der Waals surface area contributed by atoms with E-state index in [1.54, 1.807) is 7.05 Å². The first kappa shape index (κ1) is 19.7. The number of carbonyl (C=O) groups excluding carboxylic acids is 1. The summed E-state index contributed by atoms with van der Waals surface area (Å²) in [5.41, 5.74) is 1.86. The Hall–Kier alpha value is -2.02. The lowest BCUT2D eigenvalue weighted by atomic mass is 10.1. The van der Waals surface area contributed by atoms with Crippen LogP contribution in [0, 0.1) is 0 Å². The maximum atomic E-state index is 12.2. The van der Waals surface area contributed by atoms with Crippen molar-refractivity contribution in [1.29, 1.82) is 0 Å². The molecule has 1 aliphatic rings. The summed E-state index contributed by atoms with van der Waals surface area (Å²) in [5, 5.41) is 0.690. The van der Waals surface area contributed by atoms with Gasteiger partial charge in [0.05, 0.1) is 11.5 Å². The zero-order valence-corrected chi connectivity index (χ0v) is 17.3. The highest BCUT2D eigenvalue weighted by atomic mass is 35.5. The van der Waals surface area contributed by atoms with Crippen LogP contribution in [0.1, 0.15) is 18.1 Å². The van der Waals surface area contributed by atoms with Gasteiger partial charge in [0.15, 0.2) is 11.5 Å². The molecule has 1 saturated heterocycles. The fourth-order valence-corrected chi connectivity index (χ4v) is 3.75. The molecule has 1 aliphatic heterocycles. The second-order valence-corrected chi connectivity index (χ2v) is 7.91. The molecule has 7 heteroatoms. The number of rotatable bonds is 6. The molecule has 0 bridgehead atoms. The molecule has 1 amide bonds. The van der Waals surface area contributed by atoms with Crippen LogP contribution in [0.25, 0.3) is 6.08 Å². The number of hydrogen-bond acceptors (Lipinski definition) is 5. The summed E-state index contributed by atoms with van der Waals surface area (Å²) in [6, 6.07) is 13.1. The lowest BCUT2D eigenvalue weighted by molar-refractivity contribution is -0.121. The predicted molar refractivity (Wildman–Crippen MR) is 114 cm³/mol. The topological polar surface area (TPSA) is 38.8 Å². The second kappa shape index (κ2) is 8.78. The van der Waals surface area contributed by atoms with Gasteiger partial charge in [-0.2, -0.15) is 0 Å². The summed E-state index contributed by atoms with van der Waals surface area (Å²) in [6.07, 6.45) is 1.81. The maximum Gasteiger partial charge on any atom is 0.265 e. The lowest BCUT2D eigenvalue weighted by Gasteiger charge is -2.13. The van der Waals surface area contributed by atoms with Crippen LogP contribution in [0.5, 0.6) is 11.5 Å². The molecule has 1 heterocycles. The van der Waals surface area contributed by atoms with E-state index in [9.17, 15) is 4.79 Å². The van der Waals surface area contributed by atoms with Crippen molar-refractivity contribution in [2.24, 2.45) is 0 Å².